The molecule has 1 fully saturated rings. The molecule has 24 heavy (non-hydrogen) atoms. The van der Waals surface area contributed by atoms with E-state index < -0.39 is 6.04 Å². The smallest absolute Gasteiger partial charge is 0.260 e. The molecule has 1 aromatic rings. The SMILES string of the molecule is CCC(C)NC(=O)[C@@H]1CSC2c3ccc(OC)c(OC)c3C(=O)N21. The number of benzene rings is 1. The number of methoxy groups -OCH3 is 2. The number of nitrogens with one attached hydrogen (secondary N) is 1. The number of carbonyl (C=O) groups is 2. The van der Waals surface area contributed by atoms with Gasteiger partial charge in [-0.2, -0.15) is 0 Å². The van der Waals surface area contributed by atoms with Crippen molar-refractivity contribution in [3.8, 4) is 11.5 Å². The molecule has 3 atom stereocenters. The number of hydrogen-bond donors (Lipinski definition) is 1. The Balaban J connectivity index is 1.93. The zero-order valence-corrected chi connectivity index (χ0v) is 15.1. The zero-order valence-electron chi connectivity index (χ0n) is 14.3. The first-order valence-electron chi connectivity index (χ1n) is 8.03. The molecule has 1 aromatic carbocycles. The summed E-state index contributed by atoms with van der Waals surface area (Å²) in [4.78, 5) is 27.2. The van der Waals surface area contributed by atoms with E-state index in [1.165, 1.54) is 7.11 Å². The molecule has 2 aliphatic rings. The van der Waals surface area contributed by atoms with Crippen molar-refractivity contribution >= 4 is 23.6 Å². The Morgan fingerprint density at radius 3 is 2.79 bits per heavy atom. The molecule has 0 aliphatic carbocycles. The van der Waals surface area contributed by atoms with Crippen LogP contribution in [0.4, 0.5) is 0 Å². The van der Waals surface area contributed by atoms with Gasteiger partial charge >= 0.3 is 0 Å². The van der Waals surface area contributed by atoms with E-state index in [4.69, 9.17) is 9.47 Å². The third-order valence-corrected chi connectivity index (χ3v) is 5.90. The standard InChI is InChI=1S/C17H22N2O4S/c1-5-9(2)18-15(20)11-8-24-17-10-6-7-12(22-3)14(23-4)13(10)16(21)19(11)17/h6-7,9,11,17H,5,8H2,1-4H3,(H,18,20)/t9?,11-,17?/m0/s1. The Morgan fingerprint density at radius 2 is 2.17 bits per heavy atom. The molecule has 2 aliphatic heterocycles. The molecular weight excluding hydrogens is 328 g/mol. The first-order chi connectivity index (χ1) is 11.5. The predicted octanol–water partition coefficient (Wildman–Crippen LogP) is 2.19. The van der Waals surface area contributed by atoms with E-state index >= 15 is 0 Å². The summed E-state index contributed by atoms with van der Waals surface area (Å²) in [5.41, 5.74) is 1.40. The van der Waals surface area contributed by atoms with Gasteiger partial charge < -0.3 is 19.7 Å². The lowest BCUT2D eigenvalue weighted by Gasteiger charge is -2.24. The normalized spacial score (nSPS) is 22.8. The van der Waals surface area contributed by atoms with Gasteiger partial charge in [0.15, 0.2) is 11.5 Å². The van der Waals surface area contributed by atoms with E-state index in [9.17, 15) is 9.59 Å². The topological polar surface area (TPSA) is 67.9 Å². The van der Waals surface area contributed by atoms with Crippen molar-refractivity contribution in [2.75, 3.05) is 20.0 Å². The fourth-order valence-corrected chi connectivity index (χ4v) is 4.59. The molecule has 1 saturated heterocycles. The van der Waals surface area contributed by atoms with E-state index in [0.717, 1.165) is 12.0 Å². The minimum Gasteiger partial charge on any atom is -0.493 e. The number of ether oxygens (including phenoxy) is 2. The zero-order chi connectivity index (χ0) is 17.4. The molecule has 3 rings (SSSR count). The second kappa shape index (κ2) is 6.55. The van der Waals surface area contributed by atoms with Crippen molar-refractivity contribution in [2.45, 2.75) is 37.7 Å². The molecule has 130 valence electrons. The quantitative estimate of drug-likeness (QED) is 0.882. The van der Waals surface area contributed by atoms with Gasteiger partial charge in [0.25, 0.3) is 5.91 Å². The van der Waals surface area contributed by atoms with Gasteiger partial charge in [0.2, 0.25) is 5.91 Å². The van der Waals surface area contributed by atoms with Crippen molar-refractivity contribution in [3.63, 3.8) is 0 Å². The lowest BCUT2D eigenvalue weighted by atomic mass is 10.1. The second-order valence-electron chi connectivity index (χ2n) is 6.00. The molecule has 0 radical (unpaired) electrons. The van der Waals surface area contributed by atoms with Crippen LogP contribution >= 0.6 is 11.8 Å². The van der Waals surface area contributed by atoms with Gasteiger partial charge in [-0.1, -0.05) is 13.0 Å². The van der Waals surface area contributed by atoms with Gasteiger partial charge in [-0.3, -0.25) is 9.59 Å². The number of nitrogens with zero attached hydrogens (tertiary/aromatic N) is 1. The van der Waals surface area contributed by atoms with Crippen LogP contribution in [0.3, 0.4) is 0 Å². The Labute approximate surface area is 145 Å². The van der Waals surface area contributed by atoms with Gasteiger partial charge in [-0.15, -0.1) is 11.8 Å². The van der Waals surface area contributed by atoms with Crippen molar-refractivity contribution in [1.29, 1.82) is 0 Å². The van der Waals surface area contributed by atoms with E-state index in [1.807, 2.05) is 26.0 Å². The molecule has 0 bridgehead atoms. The Morgan fingerprint density at radius 1 is 1.42 bits per heavy atom. The molecule has 2 amide bonds. The lowest BCUT2D eigenvalue weighted by molar-refractivity contribution is -0.125. The molecule has 7 heteroatoms. The monoisotopic (exact) mass is 350 g/mol. The van der Waals surface area contributed by atoms with Crippen LogP contribution in [0, 0.1) is 0 Å². The van der Waals surface area contributed by atoms with Gasteiger partial charge in [0.05, 0.1) is 19.8 Å². The molecule has 2 heterocycles. The second-order valence-corrected chi connectivity index (χ2v) is 7.11. The summed E-state index contributed by atoms with van der Waals surface area (Å²) in [5.74, 6) is 1.31. The molecule has 0 spiro atoms. The number of rotatable bonds is 5. The maximum absolute atomic E-state index is 13.0. The third-order valence-electron chi connectivity index (χ3n) is 4.60. The summed E-state index contributed by atoms with van der Waals surface area (Å²) in [7, 11) is 3.07. The number of carbonyl (C=O) groups excluding carboxylic acids is 2. The van der Waals surface area contributed by atoms with E-state index in [1.54, 1.807) is 23.8 Å². The van der Waals surface area contributed by atoms with Crippen LogP contribution in [0.15, 0.2) is 12.1 Å². The van der Waals surface area contributed by atoms with Crippen LogP contribution in [0.25, 0.3) is 0 Å². The highest BCUT2D eigenvalue weighted by molar-refractivity contribution is 7.99. The Kier molecular flexibility index (Phi) is 4.62. The molecule has 6 nitrogen and oxygen atoms in total. The van der Waals surface area contributed by atoms with Crippen molar-refractivity contribution in [3.05, 3.63) is 23.3 Å². The molecular formula is C17H22N2O4S. The van der Waals surface area contributed by atoms with E-state index in [2.05, 4.69) is 5.32 Å². The van der Waals surface area contributed by atoms with Gasteiger partial charge in [-0.05, 0) is 19.4 Å². The summed E-state index contributed by atoms with van der Waals surface area (Å²) < 4.78 is 10.7. The predicted molar refractivity (Wildman–Crippen MR) is 92.6 cm³/mol. The highest BCUT2D eigenvalue weighted by Gasteiger charge is 2.50. The van der Waals surface area contributed by atoms with Crippen molar-refractivity contribution in [1.82, 2.24) is 10.2 Å². The molecule has 0 aromatic heterocycles. The largest absolute Gasteiger partial charge is 0.493 e. The number of hydrogen-bond acceptors (Lipinski definition) is 5. The minimum atomic E-state index is -0.454. The van der Waals surface area contributed by atoms with Gasteiger partial charge in [0, 0.05) is 17.4 Å². The summed E-state index contributed by atoms with van der Waals surface area (Å²) in [5, 5.41) is 2.84. The minimum absolute atomic E-state index is 0.0913. The summed E-state index contributed by atoms with van der Waals surface area (Å²) in [6.45, 7) is 3.98. The van der Waals surface area contributed by atoms with Crippen LogP contribution in [0.5, 0.6) is 11.5 Å². The van der Waals surface area contributed by atoms with Crippen LogP contribution in [-0.2, 0) is 4.79 Å². The average molecular weight is 350 g/mol. The highest BCUT2D eigenvalue weighted by atomic mass is 32.2. The number of amides is 2. The van der Waals surface area contributed by atoms with E-state index in [-0.39, 0.29) is 23.2 Å². The summed E-state index contributed by atoms with van der Waals surface area (Å²) >= 11 is 1.61. The fraction of sp³-hybridized carbons (Fsp3) is 0.529. The number of thioether (sulfide) groups is 1. The average Bonchev–Trinajstić information content (AvgIpc) is 3.14. The Hall–Kier alpha value is -1.89. The fourth-order valence-electron chi connectivity index (χ4n) is 3.13. The summed E-state index contributed by atoms with van der Waals surface area (Å²) in [6.07, 6.45) is 0.855. The first-order valence-corrected chi connectivity index (χ1v) is 9.07. The molecule has 0 saturated carbocycles. The van der Waals surface area contributed by atoms with Crippen LogP contribution in [0.1, 0.15) is 41.6 Å². The van der Waals surface area contributed by atoms with Crippen LogP contribution < -0.4 is 14.8 Å². The van der Waals surface area contributed by atoms with Crippen molar-refractivity contribution < 1.29 is 19.1 Å². The Bertz CT molecular complexity index is 679. The van der Waals surface area contributed by atoms with Gasteiger partial charge in [0.1, 0.15) is 11.4 Å². The maximum Gasteiger partial charge on any atom is 0.260 e. The van der Waals surface area contributed by atoms with E-state index in [0.29, 0.717) is 22.8 Å². The van der Waals surface area contributed by atoms with Gasteiger partial charge in [-0.25, -0.2) is 0 Å². The first kappa shape index (κ1) is 17.0. The third kappa shape index (κ3) is 2.51. The highest BCUT2D eigenvalue weighted by Crippen LogP contribution is 2.52. The summed E-state index contributed by atoms with van der Waals surface area (Å²) in [6, 6.07) is 3.34. The van der Waals surface area contributed by atoms with Crippen molar-refractivity contribution in [2.24, 2.45) is 0 Å². The van der Waals surface area contributed by atoms with Crippen LogP contribution in [0.2, 0.25) is 0 Å². The lowest BCUT2D eigenvalue weighted by Crippen LogP contribution is -2.48. The molecule has 1 N–H and O–H groups in total. The number of fused-ring (bicyclic) bond motifs is 3. The maximum atomic E-state index is 13.0. The molecule has 2 unspecified atom stereocenters. The van der Waals surface area contributed by atoms with Crippen LogP contribution in [-0.4, -0.2) is 48.8 Å².